The van der Waals surface area contributed by atoms with Gasteiger partial charge in [0.2, 0.25) is 0 Å². The SMILES string of the molecule is COc1cc(-c2ccccc2)cc(C(CC(C)C)C(=O)O)c1C(F)(F)F. The van der Waals surface area contributed by atoms with E-state index in [0.29, 0.717) is 11.1 Å². The van der Waals surface area contributed by atoms with E-state index >= 15 is 0 Å². The molecule has 1 N–H and O–H groups in total. The van der Waals surface area contributed by atoms with Gasteiger partial charge in [-0.15, -0.1) is 0 Å². The Balaban J connectivity index is 2.78. The second kappa shape index (κ2) is 7.81. The number of benzene rings is 2. The third-order valence-corrected chi connectivity index (χ3v) is 4.12. The number of rotatable bonds is 6. The van der Waals surface area contributed by atoms with Crippen molar-refractivity contribution in [2.45, 2.75) is 32.4 Å². The summed E-state index contributed by atoms with van der Waals surface area (Å²) in [5.41, 5.74) is -0.112. The second-order valence-corrected chi connectivity index (χ2v) is 6.53. The molecule has 2 aromatic rings. The summed E-state index contributed by atoms with van der Waals surface area (Å²) >= 11 is 0. The van der Waals surface area contributed by atoms with Crippen molar-refractivity contribution in [2.24, 2.45) is 5.92 Å². The number of carbonyl (C=O) groups is 1. The molecule has 0 amide bonds. The van der Waals surface area contributed by atoms with Crippen molar-refractivity contribution in [3.05, 3.63) is 53.6 Å². The maximum atomic E-state index is 13.7. The topological polar surface area (TPSA) is 46.5 Å². The van der Waals surface area contributed by atoms with Crippen LogP contribution in [0.2, 0.25) is 0 Å². The van der Waals surface area contributed by atoms with Gasteiger partial charge in [0, 0.05) is 0 Å². The Morgan fingerprint density at radius 1 is 1.12 bits per heavy atom. The zero-order valence-corrected chi connectivity index (χ0v) is 14.8. The third kappa shape index (κ3) is 4.36. The zero-order chi connectivity index (χ0) is 19.5. The van der Waals surface area contributed by atoms with Gasteiger partial charge < -0.3 is 9.84 Å². The van der Waals surface area contributed by atoms with Crippen molar-refractivity contribution in [1.82, 2.24) is 0 Å². The average Bonchev–Trinajstić information content (AvgIpc) is 2.58. The average molecular weight is 366 g/mol. The normalized spacial score (nSPS) is 12.9. The molecule has 26 heavy (non-hydrogen) atoms. The maximum absolute atomic E-state index is 13.7. The summed E-state index contributed by atoms with van der Waals surface area (Å²) in [7, 11) is 1.15. The van der Waals surface area contributed by atoms with E-state index in [4.69, 9.17) is 4.74 Å². The van der Waals surface area contributed by atoms with E-state index in [9.17, 15) is 23.1 Å². The maximum Gasteiger partial charge on any atom is 0.420 e. The molecule has 1 atom stereocenters. The Labute approximate surface area is 150 Å². The molecule has 3 nitrogen and oxygen atoms in total. The Bertz CT molecular complexity index is 768. The molecule has 140 valence electrons. The van der Waals surface area contributed by atoms with E-state index in [0.717, 1.165) is 7.11 Å². The lowest BCUT2D eigenvalue weighted by molar-refractivity contribution is -0.142. The molecule has 1 unspecified atom stereocenters. The molecular weight excluding hydrogens is 345 g/mol. The summed E-state index contributed by atoms with van der Waals surface area (Å²) in [5.74, 6) is -3.01. The van der Waals surface area contributed by atoms with Gasteiger partial charge in [0.05, 0.1) is 13.0 Å². The molecule has 0 aliphatic carbocycles. The summed E-state index contributed by atoms with van der Waals surface area (Å²) in [6.45, 7) is 3.56. The second-order valence-electron chi connectivity index (χ2n) is 6.53. The fraction of sp³-hybridized carbons (Fsp3) is 0.350. The van der Waals surface area contributed by atoms with E-state index in [1.165, 1.54) is 12.1 Å². The number of halogens is 3. The monoisotopic (exact) mass is 366 g/mol. The van der Waals surface area contributed by atoms with Gasteiger partial charge in [-0.3, -0.25) is 4.79 Å². The Hall–Kier alpha value is -2.50. The molecule has 0 saturated heterocycles. The zero-order valence-electron chi connectivity index (χ0n) is 14.8. The quantitative estimate of drug-likeness (QED) is 0.724. The molecule has 0 heterocycles. The highest BCUT2D eigenvalue weighted by atomic mass is 19.4. The van der Waals surface area contributed by atoms with Crippen molar-refractivity contribution in [2.75, 3.05) is 7.11 Å². The smallest absolute Gasteiger partial charge is 0.420 e. The molecule has 0 radical (unpaired) electrons. The summed E-state index contributed by atoms with van der Waals surface area (Å²) < 4.78 is 46.2. The molecule has 2 rings (SSSR count). The van der Waals surface area contributed by atoms with E-state index in [1.54, 1.807) is 44.2 Å². The van der Waals surface area contributed by atoms with Gasteiger partial charge in [-0.1, -0.05) is 44.2 Å². The fourth-order valence-electron chi connectivity index (χ4n) is 3.01. The summed E-state index contributed by atoms with van der Waals surface area (Å²) in [6.07, 6.45) is -4.62. The van der Waals surface area contributed by atoms with Crippen LogP contribution >= 0.6 is 0 Å². The van der Waals surface area contributed by atoms with Crippen molar-refractivity contribution < 1.29 is 27.8 Å². The van der Waals surface area contributed by atoms with Crippen LogP contribution in [0.1, 0.15) is 37.3 Å². The number of carboxylic acids is 1. The third-order valence-electron chi connectivity index (χ3n) is 4.12. The molecule has 2 aromatic carbocycles. The van der Waals surface area contributed by atoms with Crippen LogP contribution in [0, 0.1) is 5.92 Å². The Morgan fingerprint density at radius 3 is 2.19 bits per heavy atom. The Kier molecular flexibility index (Phi) is 5.95. The minimum absolute atomic E-state index is 0.0800. The van der Waals surface area contributed by atoms with E-state index < -0.39 is 23.6 Å². The molecule has 0 aromatic heterocycles. The number of hydrogen-bond acceptors (Lipinski definition) is 2. The van der Waals surface area contributed by atoms with Crippen molar-refractivity contribution in [3.63, 3.8) is 0 Å². The van der Waals surface area contributed by atoms with Gasteiger partial charge in [-0.25, -0.2) is 0 Å². The van der Waals surface area contributed by atoms with E-state index in [2.05, 4.69) is 0 Å². The first-order valence-corrected chi connectivity index (χ1v) is 8.22. The molecule has 0 spiro atoms. The molecule has 0 saturated carbocycles. The number of carboxylic acid groups (broad SMARTS) is 1. The number of alkyl halides is 3. The van der Waals surface area contributed by atoms with Crippen molar-refractivity contribution in [1.29, 1.82) is 0 Å². The highest BCUT2D eigenvalue weighted by Crippen LogP contribution is 2.45. The lowest BCUT2D eigenvalue weighted by Gasteiger charge is -2.23. The van der Waals surface area contributed by atoms with Crippen LogP contribution in [0.25, 0.3) is 11.1 Å². The number of hydrogen-bond donors (Lipinski definition) is 1. The van der Waals surface area contributed by atoms with Gasteiger partial charge >= 0.3 is 12.1 Å². The minimum atomic E-state index is -4.72. The van der Waals surface area contributed by atoms with Gasteiger partial charge in [0.15, 0.2) is 0 Å². The number of methoxy groups -OCH3 is 1. The minimum Gasteiger partial charge on any atom is -0.496 e. The number of aliphatic carboxylic acids is 1. The van der Waals surface area contributed by atoms with Gasteiger partial charge in [-0.05, 0) is 41.2 Å². The first-order chi connectivity index (χ1) is 12.1. The highest BCUT2D eigenvalue weighted by molar-refractivity contribution is 5.79. The first-order valence-electron chi connectivity index (χ1n) is 8.22. The van der Waals surface area contributed by atoms with E-state index in [1.807, 2.05) is 0 Å². The van der Waals surface area contributed by atoms with Crippen LogP contribution in [-0.2, 0) is 11.0 Å². The largest absolute Gasteiger partial charge is 0.496 e. The number of ether oxygens (including phenoxy) is 1. The van der Waals surface area contributed by atoms with Gasteiger partial charge in [0.25, 0.3) is 0 Å². The van der Waals surface area contributed by atoms with E-state index in [-0.39, 0.29) is 23.7 Å². The van der Waals surface area contributed by atoms with Crippen LogP contribution in [0.3, 0.4) is 0 Å². The lowest BCUT2D eigenvalue weighted by Crippen LogP contribution is -2.20. The predicted octanol–water partition coefficient (Wildman–Crippen LogP) is 5.60. The van der Waals surface area contributed by atoms with Crippen molar-refractivity contribution in [3.8, 4) is 16.9 Å². The summed E-state index contributed by atoms with van der Waals surface area (Å²) in [4.78, 5) is 11.8. The molecule has 0 aliphatic rings. The van der Waals surface area contributed by atoms with Gasteiger partial charge in [0.1, 0.15) is 11.3 Å². The molecule has 6 heteroatoms. The van der Waals surface area contributed by atoms with Crippen LogP contribution < -0.4 is 4.74 Å². The molecule has 0 fully saturated rings. The first kappa shape index (κ1) is 19.8. The predicted molar refractivity (Wildman–Crippen MR) is 93.3 cm³/mol. The summed E-state index contributed by atoms with van der Waals surface area (Å²) in [6, 6.07) is 11.5. The molecule has 0 aliphatic heterocycles. The highest BCUT2D eigenvalue weighted by Gasteiger charge is 2.41. The molecular formula is C20H21F3O3. The van der Waals surface area contributed by atoms with Crippen LogP contribution in [0.15, 0.2) is 42.5 Å². The lowest BCUT2D eigenvalue weighted by atomic mass is 9.85. The fourth-order valence-corrected chi connectivity index (χ4v) is 3.01. The molecule has 0 bridgehead atoms. The van der Waals surface area contributed by atoms with Crippen LogP contribution in [-0.4, -0.2) is 18.2 Å². The van der Waals surface area contributed by atoms with Crippen LogP contribution in [0.4, 0.5) is 13.2 Å². The van der Waals surface area contributed by atoms with Crippen LogP contribution in [0.5, 0.6) is 5.75 Å². The Morgan fingerprint density at radius 2 is 1.73 bits per heavy atom. The standard InChI is InChI=1S/C20H21F3O3/c1-12(2)9-16(19(24)25)15-10-14(13-7-5-4-6-8-13)11-17(26-3)18(15)20(21,22)23/h4-8,10-12,16H,9H2,1-3H3,(H,24,25). The van der Waals surface area contributed by atoms with Gasteiger partial charge in [-0.2, -0.15) is 13.2 Å². The van der Waals surface area contributed by atoms with Crippen molar-refractivity contribution >= 4 is 5.97 Å². The summed E-state index contributed by atoms with van der Waals surface area (Å²) in [5, 5.41) is 9.58.